The molecule has 2 heterocycles. The van der Waals surface area contributed by atoms with Gasteiger partial charge in [0.25, 0.3) is 0 Å². The molecule has 0 amide bonds. The molecule has 0 saturated carbocycles. The van der Waals surface area contributed by atoms with Crippen molar-refractivity contribution in [1.29, 1.82) is 0 Å². The van der Waals surface area contributed by atoms with Gasteiger partial charge in [0.2, 0.25) is 0 Å². The zero-order chi connectivity index (χ0) is 15.0. The van der Waals surface area contributed by atoms with E-state index in [-0.39, 0.29) is 12.2 Å². The molecule has 4 nitrogen and oxygen atoms in total. The van der Waals surface area contributed by atoms with Gasteiger partial charge in [-0.2, -0.15) is 0 Å². The second-order valence-corrected chi connectivity index (χ2v) is 6.01. The molecule has 0 saturated heterocycles. The van der Waals surface area contributed by atoms with Gasteiger partial charge >= 0.3 is 0 Å². The van der Waals surface area contributed by atoms with Crippen LogP contribution in [0.4, 0.5) is 5.82 Å². The number of aromatic nitrogens is 2. The molecule has 0 bridgehead atoms. The molecule has 2 N–H and O–H groups in total. The number of benzene rings is 1. The number of rotatable bonds is 3. The van der Waals surface area contributed by atoms with Crippen LogP contribution in [0.2, 0.25) is 5.02 Å². The number of anilines is 1. The van der Waals surface area contributed by atoms with Crippen molar-refractivity contribution in [3.8, 4) is 0 Å². The summed E-state index contributed by atoms with van der Waals surface area (Å²) in [5, 5.41) is 2.39. The highest BCUT2D eigenvalue weighted by Crippen LogP contribution is 2.29. The summed E-state index contributed by atoms with van der Waals surface area (Å²) in [5.74, 6) is 0.383. The predicted octanol–water partition coefficient (Wildman–Crippen LogP) is 3.66. The van der Waals surface area contributed by atoms with Crippen LogP contribution in [0.1, 0.15) is 21.5 Å². The number of carbonyl (C=O) groups excluding carboxylic acids is 1. The zero-order valence-corrected chi connectivity index (χ0v) is 12.8. The van der Waals surface area contributed by atoms with E-state index in [4.69, 9.17) is 17.3 Å². The van der Waals surface area contributed by atoms with Gasteiger partial charge in [-0.15, -0.1) is 11.3 Å². The van der Waals surface area contributed by atoms with Crippen LogP contribution in [0.15, 0.2) is 29.9 Å². The molecule has 0 unspecified atom stereocenters. The normalized spacial score (nSPS) is 11.0. The zero-order valence-electron chi connectivity index (χ0n) is 11.3. The summed E-state index contributed by atoms with van der Waals surface area (Å²) in [4.78, 5) is 20.7. The van der Waals surface area contributed by atoms with Gasteiger partial charge < -0.3 is 5.73 Å². The van der Waals surface area contributed by atoms with E-state index in [1.165, 1.54) is 17.7 Å². The Hall–Kier alpha value is -1.98. The Balaban J connectivity index is 2.00. The third-order valence-electron chi connectivity index (χ3n) is 3.37. The number of thiophene rings is 1. The van der Waals surface area contributed by atoms with Gasteiger partial charge in [-0.05, 0) is 24.1 Å². The molecule has 0 spiro atoms. The molecule has 2 aromatic heterocycles. The smallest absolute Gasteiger partial charge is 0.170 e. The first-order valence-electron chi connectivity index (χ1n) is 6.33. The second-order valence-electron chi connectivity index (χ2n) is 4.72. The first-order chi connectivity index (χ1) is 10.1. The summed E-state index contributed by atoms with van der Waals surface area (Å²) in [5.41, 5.74) is 8.84. The van der Waals surface area contributed by atoms with E-state index >= 15 is 0 Å². The van der Waals surface area contributed by atoms with Gasteiger partial charge in [-0.3, -0.25) is 4.79 Å². The Morgan fingerprint density at radius 1 is 1.38 bits per heavy atom. The summed E-state index contributed by atoms with van der Waals surface area (Å²) in [6.07, 6.45) is 1.63. The Labute approximate surface area is 130 Å². The number of carbonyl (C=O) groups is 1. The number of hydrogen-bond acceptors (Lipinski definition) is 5. The van der Waals surface area contributed by atoms with Crippen molar-refractivity contribution in [3.63, 3.8) is 0 Å². The fraction of sp³-hybridized carbons (Fsp3) is 0.133. The Morgan fingerprint density at radius 3 is 2.95 bits per heavy atom. The molecule has 0 aliphatic rings. The lowest BCUT2D eigenvalue weighted by molar-refractivity contribution is 0.0994. The van der Waals surface area contributed by atoms with E-state index in [2.05, 4.69) is 9.97 Å². The maximum atomic E-state index is 12.6. The number of nitrogens with two attached hydrogens (primary N) is 1. The Morgan fingerprint density at radius 2 is 2.19 bits per heavy atom. The number of nitrogen functional groups attached to an aromatic ring is 1. The van der Waals surface area contributed by atoms with Crippen molar-refractivity contribution in [1.82, 2.24) is 9.97 Å². The second kappa shape index (κ2) is 5.42. The van der Waals surface area contributed by atoms with E-state index in [1.807, 2.05) is 19.1 Å². The molecule has 106 valence electrons. The standard InChI is InChI=1S/C15H12ClN3OS/c1-8-3-2-4-11(16)9(8)5-12(20)10-6-21-14-13(10)18-7-19-15(14)17/h2-4,6-7H,5H2,1H3,(H2,17,18,19). The van der Waals surface area contributed by atoms with E-state index < -0.39 is 0 Å². The van der Waals surface area contributed by atoms with Crippen LogP contribution >= 0.6 is 22.9 Å². The van der Waals surface area contributed by atoms with Gasteiger partial charge in [0.15, 0.2) is 5.78 Å². The first kappa shape index (κ1) is 14.0. The van der Waals surface area contributed by atoms with Gasteiger partial charge in [0, 0.05) is 16.8 Å². The molecule has 0 aliphatic carbocycles. The van der Waals surface area contributed by atoms with Crippen molar-refractivity contribution in [2.24, 2.45) is 0 Å². The largest absolute Gasteiger partial charge is 0.382 e. The van der Waals surface area contributed by atoms with E-state index in [9.17, 15) is 4.79 Å². The summed E-state index contributed by atoms with van der Waals surface area (Å²) < 4.78 is 0.747. The lowest BCUT2D eigenvalue weighted by atomic mass is 10.0. The average Bonchev–Trinajstić information content (AvgIpc) is 2.88. The van der Waals surface area contributed by atoms with Gasteiger partial charge in [0.1, 0.15) is 12.1 Å². The third-order valence-corrected chi connectivity index (χ3v) is 4.72. The number of fused-ring (bicyclic) bond motifs is 1. The summed E-state index contributed by atoms with van der Waals surface area (Å²) in [6.45, 7) is 1.94. The van der Waals surface area contributed by atoms with Crippen LogP contribution < -0.4 is 5.73 Å². The van der Waals surface area contributed by atoms with Crippen LogP contribution in [0, 0.1) is 6.92 Å². The lowest BCUT2D eigenvalue weighted by Crippen LogP contribution is -2.05. The van der Waals surface area contributed by atoms with Gasteiger partial charge in [0.05, 0.1) is 15.8 Å². The highest BCUT2D eigenvalue weighted by atomic mass is 35.5. The molecule has 1 aromatic carbocycles. The highest BCUT2D eigenvalue weighted by molar-refractivity contribution is 7.18. The van der Waals surface area contributed by atoms with E-state index in [0.29, 0.717) is 21.9 Å². The maximum Gasteiger partial charge on any atom is 0.170 e. The minimum Gasteiger partial charge on any atom is -0.382 e. The SMILES string of the molecule is Cc1cccc(Cl)c1CC(=O)c1csc2c(N)ncnc12. The predicted molar refractivity (Wildman–Crippen MR) is 86.1 cm³/mol. The van der Waals surface area contributed by atoms with Crippen LogP contribution in [0.5, 0.6) is 0 Å². The van der Waals surface area contributed by atoms with Gasteiger partial charge in [-0.1, -0.05) is 23.7 Å². The molecule has 3 rings (SSSR count). The number of Topliss-reactive ketones (excluding diaryl/α,β-unsaturated/α-hetero) is 1. The monoisotopic (exact) mass is 317 g/mol. The van der Waals surface area contributed by atoms with Crippen LogP contribution in [-0.4, -0.2) is 15.8 Å². The Kier molecular flexibility index (Phi) is 3.61. The van der Waals surface area contributed by atoms with Crippen molar-refractivity contribution < 1.29 is 4.79 Å². The van der Waals surface area contributed by atoms with Crippen molar-refractivity contribution >= 4 is 44.8 Å². The topological polar surface area (TPSA) is 68.9 Å². The molecular weight excluding hydrogens is 306 g/mol. The fourth-order valence-electron chi connectivity index (χ4n) is 2.21. The molecule has 0 fully saturated rings. The number of ketones is 1. The van der Waals surface area contributed by atoms with Crippen LogP contribution in [0.3, 0.4) is 0 Å². The quantitative estimate of drug-likeness (QED) is 0.748. The average molecular weight is 318 g/mol. The number of halogens is 1. The number of hydrogen-bond donors (Lipinski definition) is 1. The summed E-state index contributed by atoms with van der Waals surface area (Å²) in [7, 11) is 0. The third kappa shape index (κ3) is 2.50. The molecule has 0 atom stereocenters. The Bertz CT molecular complexity index is 824. The maximum absolute atomic E-state index is 12.6. The molecule has 6 heteroatoms. The van der Waals surface area contributed by atoms with Gasteiger partial charge in [-0.25, -0.2) is 9.97 Å². The fourth-order valence-corrected chi connectivity index (χ4v) is 3.43. The van der Waals surface area contributed by atoms with Crippen LogP contribution in [-0.2, 0) is 6.42 Å². The molecule has 0 radical (unpaired) electrons. The van der Waals surface area contributed by atoms with Crippen molar-refractivity contribution in [3.05, 3.63) is 51.6 Å². The van der Waals surface area contributed by atoms with Crippen molar-refractivity contribution in [2.75, 3.05) is 5.73 Å². The highest BCUT2D eigenvalue weighted by Gasteiger charge is 2.17. The molecule has 21 heavy (non-hydrogen) atoms. The van der Waals surface area contributed by atoms with E-state index in [1.54, 1.807) is 11.4 Å². The lowest BCUT2D eigenvalue weighted by Gasteiger charge is -2.07. The number of nitrogens with zero attached hydrogens (tertiary/aromatic N) is 2. The van der Waals surface area contributed by atoms with Crippen molar-refractivity contribution in [2.45, 2.75) is 13.3 Å². The minimum atomic E-state index is -0.0180. The summed E-state index contributed by atoms with van der Waals surface area (Å²) in [6, 6.07) is 5.61. The van der Waals surface area contributed by atoms with E-state index in [0.717, 1.165) is 15.8 Å². The molecule has 3 aromatic rings. The van der Waals surface area contributed by atoms with Crippen LogP contribution in [0.25, 0.3) is 10.2 Å². The molecule has 0 aliphatic heterocycles. The first-order valence-corrected chi connectivity index (χ1v) is 7.58. The summed E-state index contributed by atoms with van der Waals surface area (Å²) >= 11 is 7.57. The molecular formula is C15H12ClN3OS. The number of aryl methyl sites for hydroxylation is 1. The minimum absolute atomic E-state index is 0.0180.